The van der Waals surface area contributed by atoms with Gasteiger partial charge in [-0.15, -0.1) is 0 Å². The zero-order valence-corrected chi connectivity index (χ0v) is 16.8. The molecular weight excluding hydrogens is 421 g/mol. The van der Waals surface area contributed by atoms with Gasteiger partial charge in [0.05, 0.1) is 26.3 Å². The first-order chi connectivity index (χ1) is 12.2. The van der Waals surface area contributed by atoms with E-state index in [1.54, 1.807) is 6.07 Å². The summed E-state index contributed by atoms with van der Waals surface area (Å²) >= 11 is 17.9. The van der Waals surface area contributed by atoms with E-state index < -0.39 is 16.0 Å². The fourth-order valence-corrected chi connectivity index (χ4v) is 4.87. The van der Waals surface area contributed by atoms with E-state index in [1.807, 2.05) is 6.92 Å². The van der Waals surface area contributed by atoms with Crippen molar-refractivity contribution in [1.82, 2.24) is 0 Å². The minimum absolute atomic E-state index is 0.0385. The number of carboxylic acid groups (broad SMARTS) is 1. The van der Waals surface area contributed by atoms with Gasteiger partial charge in [-0.3, -0.25) is 4.31 Å². The highest BCUT2D eigenvalue weighted by molar-refractivity contribution is 7.93. The molecule has 1 N–H and O–H groups in total. The van der Waals surface area contributed by atoms with E-state index in [0.717, 1.165) is 10.7 Å². The number of carboxylic acids is 1. The average Bonchev–Trinajstić information content (AvgIpc) is 2.58. The third-order valence-corrected chi connectivity index (χ3v) is 6.66. The molecule has 0 aromatic heterocycles. The molecule has 26 heavy (non-hydrogen) atoms. The number of carbonyl (C=O) groups is 1. The lowest BCUT2D eigenvalue weighted by atomic mass is 10.1. The van der Waals surface area contributed by atoms with E-state index in [1.165, 1.54) is 30.3 Å². The second-order valence-electron chi connectivity index (χ2n) is 5.45. The maximum atomic E-state index is 13.2. The first-order valence-corrected chi connectivity index (χ1v) is 10.3. The first-order valence-electron chi connectivity index (χ1n) is 7.69. The Morgan fingerprint density at radius 1 is 1.08 bits per heavy atom. The predicted octanol–water partition coefficient (Wildman–Crippen LogP) is 5.34. The van der Waals surface area contributed by atoms with Gasteiger partial charge in [-0.2, -0.15) is 0 Å². The van der Waals surface area contributed by atoms with Crippen molar-refractivity contribution in [2.24, 2.45) is 0 Å². The van der Waals surface area contributed by atoms with Crippen LogP contribution < -0.4 is 4.31 Å². The molecule has 0 aliphatic carbocycles. The quantitative estimate of drug-likeness (QED) is 0.594. The van der Waals surface area contributed by atoms with Gasteiger partial charge in [0.2, 0.25) is 0 Å². The maximum Gasteiger partial charge on any atom is 0.337 e. The van der Waals surface area contributed by atoms with Gasteiger partial charge in [0, 0.05) is 6.54 Å². The summed E-state index contributed by atoms with van der Waals surface area (Å²) in [5.74, 6) is -1.22. The Kier molecular flexibility index (Phi) is 6.80. The number of hydrogen-bond acceptors (Lipinski definition) is 3. The minimum atomic E-state index is -4.16. The van der Waals surface area contributed by atoms with Crippen molar-refractivity contribution in [2.45, 2.75) is 24.7 Å². The molecule has 9 heteroatoms. The van der Waals surface area contributed by atoms with E-state index in [0.29, 0.717) is 6.42 Å². The zero-order chi connectivity index (χ0) is 19.5. The van der Waals surface area contributed by atoms with Crippen molar-refractivity contribution in [1.29, 1.82) is 0 Å². The third kappa shape index (κ3) is 4.26. The van der Waals surface area contributed by atoms with Crippen LogP contribution in [0.2, 0.25) is 15.1 Å². The van der Waals surface area contributed by atoms with Crippen LogP contribution in [0.15, 0.2) is 41.3 Å². The van der Waals surface area contributed by atoms with Crippen molar-refractivity contribution in [3.8, 4) is 0 Å². The van der Waals surface area contributed by atoms with Gasteiger partial charge >= 0.3 is 5.97 Å². The van der Waals surface area contributed by atoms with Crippen LogP contribution in [0.5, 0.6) is 0 Å². The van der Waals surface area contributed by atoms with E-state index in [9.17, 15) is 18.3 Å². The highest BCUT2D eigenvalue weighted by atomic mass is 35.5. The van der Waals surface area contributed by atoms with Crippen LogP contribution in [0, 0.1) is 0 Å². The smallest absolute Gasteiger partial charge is 0.337 e. The average molecular weight is 437 g/mol. The van der Waals surface area contributed by atoms with E-state index in [4.69, 9.17) is 34.8 Å². The monoisotopic (exact) mass is 435 g/mol. The van der Waals surface area contributed by atoms with Gasteiger partial charge in [0.15, 0.2) is 0 Å². The molecule has 2 aromatic rings. The first kappa shape index (κ1) is 20.8. The number of hydrogen-bond donors (Lipinski definition) is 1. The normalized spacial score (nSPS) is 11.4. The summed E-state index contributed by atoms with van der Waals surface area (Å²) in [4.78, 5) is 11.3. The minimum Gasteiger partial charge on any atom is -0.478 e. The van der Waals surface area contributed by atoms with Gasteiger partial charge < -0.3 is 5.11 Å². The van der Waals surface area contributed by atoms with Crippen LogP contribution in [0.3, 0.4) is 0 Å². The Bertz CT molecular complexity index is 932. The zero-order valence-electron chi connectivity index (χ0n) is 13.7. The lowest BCUT2D eigenvalue weighted by Gasteiger charge is -2.26. The van der Waals surface area contributed by atoms with Gasteiger partial charge in [-0.05, 0) is 30.7 Å². The molecule has 0 saturated carbocycles. The molecule has 0 unspecified atom stereocenters. The van der Waals surface area contributed by atoms with Gasteiger partial charge in [-0.25, -0.2) is 13.2 Å². The number of benzene rings is 2. The molecule has 0 saturated heterocycles. The molecule has 0 radical (unpaired) electrons. The number of anilines is 1. The van der Waals surface area contributed by atoms with Crippen molar-refractivity contribution in [2.75, 3.05) is 10.8 Å². The third-order valence-electron chi connectivity index (χ3n) is 3.66. The maximum absolute atomic E-state index is 13.2. The molecule has 0 aliphatic rings. The summed E-state index contributed by atoms with van der Waals surface area (Å²) in [6.07, 6.45) is 1.25. The summed E-state index contributed by atoms with van der Waals surface area (Å²) in [7, 11) is -4.16. The van der Waals surface area contributed by atoms with Crippen LogP contribution in [0.1, 0.15) is 30.1 Å². The summed E-state index contributed by atoms with van der Waals surface area (Å²) in [5, 5.41) is 9.50. The summed E-state index contributed by atoms with van der Waals surface area (Å²) < 4.78 is 27.5. The molecule has 140 valence electrons. The van der Waals surface area contributed by atoms with Crippen molar-refractivity contribution >= 4 is 56.5 Å². The number of para-hydroxylation sites is 1. The van der Waals surface area contributed by atoms with Crippen LogP contribution in [0.4, 0.5) is 5.69 Å². The largest absolute Gasteiger partial charge is 0.478 e. The van der Waals surface area contributed by atoms with E-state index in [-0.39, 0.29) is 37.8 Å². The summed E-state index contributed by atoms with van der Waals surface area (Å²) in [5.41, 5.74) is -0.0565. The number of nitrogens with zero attached hydrogens (tertiary/aromatic N) is 1. The number of unbranched alkanes of at least 4 members (excludes halogenated alkanes) is 1. The SMILES string of the molecule is CCCCN(c1ccccc1C(=O)O)S(=O)(=O)c1cc(Cl)c(Cl)cc1Cl. The molecule has 2 aromatic carbocycles. The van der Waals surface area contributed by atoms with Crippen LogP contribution in [-0.4, -0.2) is 26.0 Å². The molecular formula is C17H16Cl3NO4S. The van der Waals surface area contributed by atoms with Crippen LogP contribution >= 0.6 is 34.8 Å². The van der Waals surface area contributed by atoms with E-state index >= 15 is 0 Å². The van der Waals surface area contributed by atoms with Crippen molar-refractivity contribution in [3.63, 3.8) is 0 Å². The molecule has 0 bridgehead atoms. The lowest BCUT2D eigenvalue weighted by molar-refractivity contribution is 0.0697. The molecule has 0 fully saturated rings. The Labute approximate surface area is 167 Å². The molecule has 2 rings (SSSR count). The highest BCUT2D eigenvalue weighted by Crippen LogP contribution is 2.35. The van der Waals surface area contributed by atoms with Gasteiger partial charge in [0.1, 0.15) is 4.90 Å². The number of aromatic carboxylic acids is 1. The fourth-order valence-electron chi connectivity index (χ4n) is 2.36. The molecule has 0 aliphatic heterocycles. The topological polar surface area (TPSA) is 74.7 Å². The molecule has 0 spiro atoms. The number of sulfonamides is 1. The predicted molar refractivity (Wildman–Crippen MR) is 104 cm³/mol. The molecule has 0 atom stereocenters. The Morgan fingerprint density at radius 3 is 2.31 bits per heavy atom. The summed E-state index contributed by atoms with van der Waals surface area (Å²) in [6.45, 7) is 2.00. The Hall–Kier alpha value is -1.47. The second-order valence-corrected chi connectivity index (χ2v) is 8.50. The second kappa shape index (κ2) is 8.48. The number of rotatable bonds is 7. The van der Waals surface area contributed by atoms with Gasteiger partial charge in [0.25, 0.3) is 10.0 Å². The van der Waals surface area contributed by atoms with E-state index in [2.05, 4.69) is 0 Å². The Balaban J connectivity index is 2.68. The van der Waals surface area contributed by atoms with Crippen molar-refractivity contribution in [3.05, 3.63) is 57.0 Å². The molecule has 0 heterocycles. The Morgan fingerprint density at radius 2 is 1.69 bits per heavy atom. The van der Waals surface area contributed by atoms with Crippen LogP contribution in [0.25, 0.3) is 0 Å². The fraction of sp³-hybridized carbons (Fsp3) is 0.235. The highest BCUT2D eigenvalue weighted by Gasteiger charge is 2.30. The van der Waals surface area contributed by atoms with Crippen LogP contribution in [-0.2, 0) is 10.0 Å². The van der Waals surface area contributed by atoms with Crippen molar-refractivity contribution < 1.29 is 18.3 Å². The molecule has 0 amide bonds. The molecule has 5 nitrogen and oxygen atoms in total. The van der Waals surface area contributed by atoms with Gasteiger partial charge in [-0.1, -0.05) is 60.3 Å². The standard InChI is InChI=1S/C17H16Cl3NO4S/c1-2-3-8-21(15-7-5-4-6-11(15)17(22)23)26(24,25)16-10-13(19)12(18)9-14(16)20/h4-7,9-10H,2-3,8H2,1H3,(H,22,23). The number of halogens is 3. The lowest BCUT2D eigenvalue weighted by Crippen LogP contribution is -2.33. The summed E-state index contributed by atoms with van der Waals surface area (Å²) in [6, 6.07) is 8.32.